The zero-order valence-electron chi connectivity index (χ0n) is 9.46. The highest BCUT2D eigenvalue weighted by atomic mass is 16.6. The van der Waals surface area contributed by atoms with Crippen LogP contribution in [0, 0.1) is 10.1 Å². The molecule has 0 unspecified atom stereocenters. The Labute approximate surface area is 102 Å². The summed E-state index contributed by atoms with van der Waals surface area (Å²) in [7, 11) is 0. The summed E-state index contributed by atoms with van der Waals surface area (Å²) >= 11 is 0. The third-order valence-electron chi connectivity index (χ3n) is 2.99. The molecule has 0 saturated heterocycles. The highest BCUT2D eigenvalue weighted by Crippen LogP contribution is 2.39. The summed E-state index contributed by atoms with van der Waals surface area (Å²) in [5, 5.41) is 11.3. The summed E-state index contributed by atoms with van der Waals surface area (Å²) in [5.74, 6) is 7.01. The van der Waals surface area contributed by atoms with E-state index in [1.54, 1.807) is 6.07 Å². The lowest BCUT2D eigenvalue weighted by Gasteiger charge is -2.07. The van der Waals surface area contributed by atoms with Gasteiger partial charge >= 0.3 is 0 Å². The number of non-ortho nitro benzene ring substituents is 1. The molecule has 0 spiro atoms. The van der Waals surface area contributed by atoms with Crippen molar-refractivity contribution in [2.45, 2.75) is 18.8 Å². The van der Waals surface area contributed by atoms with Crippen LogP contribution in [0.1, 0.15) is 24.6 Å². The normalized spacial score (nSPS) is 14.7. The van der Waals surface area contributed by atoms with Gasteiger partial charge in [-0.1, -0.05) is 0 Å². The first-order valence-electron chi connectivity index (χ1n) is 5.62. The van der Waals surface area contributed by atoms with Crippen LogP contribution in [0.15, 0.2) is 18.2 Å². The van der Waals surface area contributed by atoms with Crippen LogP contribution in [0.25, 0.3) is 10.9 Å². The van der Waals surface area contributed by atoms with Crippen LogP contribution in [0.2, 0.25) is 0 Å². The Balaban J connectivity index is 2.21. The minimum atomic E-state index is -0.450. The van der Waals surface area contributed by atoms with Gasteiger partial charge in [0, 0.05) is 18.1 Å². The van der Waals surface area contributed by atoms with Crippen LogP contribution < -0.4 is 11.3 Å². The Kier molecular flexibility index (Phi) is 2.34. The van der Waals surface area contributed by atoms with E-state index in [1.807, 2.05) is 0 Å². The maximum atomic E-state index is 10.7. The molecule has 0 radical (unpaired) electrons. The minimum absolute atomic E-state index is 0.00164. The molecule has 0 aliphatic heterocycles. The molecule has 1 aliphatic carbocycles. The molecule has 1 saturated carbocycles. The molecule has 0 atom stereocenters. The first-order chi connectivity index (χ1) is 8.69. The molecule has 3 rings (SSSR count). The molecule has 1 aromatic carbocycles. The number of aromatic nitrogens is 2. The van der Waals surface area contributed by atoms with E-state index < -0.39 is 4.92 Å². The number of nitrogens with one attached hydrogen (secondary N) is 1. The summed E-state index contributed by atoms with van der Waals surface area (Å²) in [4.78, 5) is 19.0. The van der Waals surface area contributed by atoms with Crippen molar-refractivity contribution in [3.05, 3.63) is 34.1 Å². The van der Waals surface area contributed by atoms with Gasteiger partial charge in [-0.05, 0) is 18.9 Å². The molecule has 1 fully saturated rings. The van der Waals surface area contributed by atoms with E-state index in [9.17, 15) is 10.1 Å². The number of fused-ring (bicyclic) bond motifs is 1. The molecule has 3 N–H and O–H groups in total. The van der Waals surface area contributed by atoms with Crippen molar-refractivity contribution in [2.75, 3.05) is 5.43 Å². The topological polar surface area (TPSA) is 107 Å². The molecule has 7 heteroatoms. The van der Waals surface area contributed by atoms with Gasteiger partial charge in [-0.25, -0.2) is 15.8 Å². The second-order valence-corrected chi connectivity index (χ2v) is 4.31. The average Bonchev–Trinajstić information content (AvgIpc) is 3.20. The van der Waals surface area contributed by atoms with E-state index in [-0.39, 0.29) is 5.69 Å². The van der Waals surface area contributed by atoms with Crippen LogP contribution in [0.4, 0.5) is 11.5 Å². The van der Waals surface area contributed by atoms with E-state index in [0.29, 0.717) is 22.6 Å². The molecule has 0 amide bonds. The second kappa shape index (κ2) is 3.88. The second-order valence-electron chi connectivity index (χ2n) is 4.31. The predicted octanol–water partition coefficient (Wildman–Crippen LogP) is 1.70. The summed E-state index contributed by atoms with van der Waals surface area (Å²) in [6.07, 6.45) is 2.17. The Morgan fingerprint density at radius 3 is 2.78 bits per heavy atom. The SMILES string of the molecule is NNc1nc(C2CC2)nc2ccc([N+](=O)[O-])cc12. The lowest BCUT2D eigenvalue weighted by molar-refractivity contribution is -0.384. The highest BCUT2D eigenvalue weighted by molar-refractivity contribution is 5.90. The fraction of sp³-hybridized carbons (Fsp3) is 0.273. The molecule has 1 aromatic heterocycles. The largest absolute Gasteiger partial charge is 0.308 e. The number of anilines is 1. The minimum Gasteiger partial charge on any atom is -0.308 e. The molecule has 92 valence electrons. The Hall–Kier alpha value is -2.28. The first-order valence-corrected chi connectivity index (χ1v) is 5.62. The summed E-state index contributed by atoms with van der Waals surface area (Å²) in [6, 6.07) is 4.50. The third kappa shape index (κ3) is 1.74. The van der Waals surface area contributed by atoms with Crippen LogP contribution in [0.3, 0.4) is 0 Å². The number of nitro benzene ring substituents is 1. The van der Waals surface area contributed by atoms with Gasteiger partial charge in [-0.2, -0.15) is 0 Å². The zero-order chi connectivity index (χ0) is 12.7. The van der Waals surface area contributed by atoms with Gasteiger partial charge in [0.15, 0.2) is 5.82 Å². The number of nitrogens with zero attached hydrogens (tertiary/aromatic N) is 3. The smallest absolute Gasteiger partial charge is 0.270 e. The molecule has 1 aliphatic rings. The van der Waals surface area contributed by atoms with E-state index in [0.717, 1.165) is 18.7 Å². The quantitative estimate of drug-likeness (QED) is 0.484. The molecule has 2 aromatic rings. The van der Waals surface area contributed by atoms with E-state index >= 15 is 0 Å². The Morgan fingerprint density at radius 1 is 1.39 bits per heavy atom. The van der Waals surface area contributed by atoms with Gasteiger partial charge < -0.3 is 5.43 Å². The van der Waals surface area contributed by atoms with E-state index in [1.165, 1.54) is 12.1 Å². The number of nitro groups is 1. The Bertz CT molecular complexity index is 639. The van der Waals surface area contributed by atoms with Crippen molar-refractivity contribution >= 4 is 22.4 Å². The van der Waals surface area contributed by atoms with Crippen molar-refractivity contribution in [2.24, 2.45) is 5.84 Å². The third-order valence-corrected chi connectivity index (χ3v) is 2.99. The van der Waals surface area contributed by atoms with E-state index in [2.05, 4.69) is 15.4 Å². The van der Waals surface area contributed by atoms with Crippen LogP contribution in [-0.4, -0.2) is 14.9 Å². The highest BCUT2D eigenvalue weighted by Gasteiger charge is 2.27. The summed E-state index contributed by atoms with van der Waals surface area (Å²) < 4.78 is 0. The molecular formula is C11H11N5O2. The van der Waals surface area contributed by atoms with Gasteiger partial charge in [0.1, 0.15) is 5.82 Å². The fourth-order valence-electron chi connectivity index (χ4n) is 1.88. The Morgan fingerprint density at radius 2 is 2.17 bits per heavy atom. The number of benzene rings is 1. The van der Waals surface area contributed by atoms with E-state index in [4.69, 9.17) is 5.84 Å². The van der Waals surface area contributed by atoms with Gasteiger partial charge in [-0.15, -0.1) is 0 Å². The predicted molar refractivity (Wildman–Crippen MR) is 66.0 cm³/mol. The number of hydrogen-bond donors (Lipinski definition) is 2. The van der Waals surface area contributed by atoms with Crippen molar-refractivity contribution in [1.29, 1.82) is 0 Å². The molecule has 1 heterocycles. The average molecular weight is 245 g/mol. The monoisotopic (exact) mass is 245 g/mol. The zero-order valence-corrected chi connectivity index (χ0v) is 9.46. The van der Waals surface area contributed by atoms with Gasteiger partial charge in [0.2, 0.25) is 0 Å². The standard InChI is InChI=1S/C11H11N5O2/c12-15-11-8-5-7(16(17)18)3-4-9(8)13-10(14-11)6-1-2-6/h3-6H,1-2,12H2,(H,13,14,15). The fourth-order valence-corrected chi connectivity index (χ4v) is 1.88. The van der Waals surface area contributed by atoms with Gasteiger partial charge in [-0.3, -0.25) is 10.1 Å². The number of hydrazine groups is 1. The van der Waals surface area contributed by atoms with Crippen molar-refractivity contribution in [3.63, 3.8) is 0 Å². The van der Waals surface area contributed by atoms with Gasteiger partial charge in [0.05, 0.1) is 15.8 Å². The molecular weight excluding hydrogens is 234 g/mol. The molecule has 18 heavy (non-hydrogen) atoms. The summed E-state index contributed by atoms with van der Waals surface area (Å²) in [5.41, 5.74) is 3.16. The number of rotatable bonds is 3. The van der Waals surface area contributed by atoms with Crippen molar-refractivity contribution in [3.8, 4) is 0 Å². The van der Waals surface area contributed by atoms with Crippen LogP contribution in [-0.2, 0) is 0 Å². The maximum absolute atomic E-state index is 10.7. The number of nitrogens with two attached hydrogens (primary N) is 1. The number of hydrogen-bond acceptors (Lipinski definition) is 6. The van der Waals surface area contributed by atoms with Crippen molar-refractivity contribution in [1.82, 2.24) is 9.97 Å². The van der Waals surface area contributed by atoms with Crippen LogP contribution in [0.5, 0.6) is 0 Å². The summed E-state index contributed by atoms with van der Waals surface area (Å²) in [6.45, 7) is 0. The lowest BCUT2D eigenvalue weighted by atomic mass is 10.2. The van der Waals surface area contributed by atoms with Crippen molar-refractivity contribution < 1.29 is 4.92 Å². The molecule has 7 nitrogen and oxygen atoms in total. The first kappa shape index (κ1) is 10.8. The number of nitrogen functional groups attached to an aromatic ring is 1. The molecule has 0 bridgehead atoms. The van der Waals surface area contributed by atoms with Gasteiger partial charge in [0.25, 0.3) is 5.69 Å². The van der Waals surface area contributed by atoms with Crippen LogP contribution >= 0.6 is 0 Å². The maximum Gasteiger partial charge on any atom is 0.270 e. The lowest BCUT2D eigenvalue weighted by Crippen LogP contribution is -2.11.